The molecule has 0 saturated heterocycles. The minimum absolute atomic E-state index is 0.0136. The van der Waals surface area contributed by atoms with Gasteiger partial charge in [-0.25, -0.2) is 0 Å². The Morgan fingerprint density at radius 1 is 1.23 bits per heavy atom. The van der Waals surface area contributed by atoms with Crippen LogP contribution >= 0.6 is 23.1 Å². The van der Waals surface area contributed by atoms with Crippen LogP contribution in [0.4, 0.5) is 5.00 Å². The number of thioether (sulfide) groups is 1. The Balaban J connectivity index is 1.68. The summed E-state index contributed by atoms with van der Waals surface area (Å²) in [6, 6.07) is 7.21. The van der Waals surface area contributed by atoms with Gasteiger partial charge in [0.05, 0.1) is 30.4 Å². The van der Waals surface area contributed by atoms with E-state index in [0.29, 0.717) is 38.1 Å². The van der Waals surface area contributed by atoms with Gasteiger partial charge in [0.25, 0.3) is 5.22 Å². The molecule has 9 nitrogen and oxygen atoms in total. The summed E-state index contributed by atoms with van der Waals surface area (Å²) in [6.07, 6.45) is 0. The highest BCUT2D eigenvalue weighted by Crippen LogP contribution is 2.33. The summed E-state index contributed by atoms with van der Waals surface area (Å²) in [5.74, 6) is 0.880. The molecule has 11 heteroatoms. The molecule has 1 aromatic carbocycles. The zero-order valence-electron chi connectivity index (χ0n) is 17.1. The Hall–Kier alpha value is -3.36. The third-order valence-corrected chi connectivity index (χ3v) is 6.29. The first-order valence-corrected chi connectivity index (χ1v) is 10.7. The van der Waals surface area contributed by atoms with Crippen molar-refractivity contribution in [2.45, 2.75) is 19.1 Å². The topological polar surface area (TPSA) is 127 Å². The fourth-order valence-electron chi connectivity index (χ4n) is 2.68. The summed E-state index contributed by atoms with van der Waals surface area (Å²) in [7, 11) is 3.08. The zero-order chi connectivity index (χ0) is 22.5. The lowest BCUT2D eigenvalue weighted by molar-refractivity contribution is -0.113. The molecule has 1 N–H and O–H groups in total. The lowest BCUT2D eigenvalue weighted by Crippen LogP contribution is -2.13. The molecule has 0 aliphatic heterocycles. The maximum Gasteiger partial charge on any atom is 0.277 e. The minimum Gasteiger partial charge on any atom is -0.497 e. The highest BCUT2D eigenvalue weighted by Gasteiger charge is 2.20. The predicted molar refractivity (Wildman–Crippen MR) is 116 cm³/mol. The molecule has 0 radical (unpaired) electrons. The monoisotopic (exact) mass is 458 g/mol. The molecule has 160 valence electrons. The van der Waals surface area contributed by atoms with Gasteiger partial charge in [-0.2, -0.15) is 5.26 Å². The van der Waals surface area contributed by atoms with Crippen LogP contribution in [0.3, 0.4) is 0 Å². The normalized spacial score (nSPS) is 10.4. The summed E-state index contributed by atoms with van der Waals surface area (Å²) in [5, 5.41) is 20.5. The van der Waals surface area contributed by atoms with E-state index in [0.717, 1.165) is 23.1 Å². The number of carbonyl (C=O) groups excluding carboxylic acids is 2. The van der Waals surface area contributed by atoms with Crippen LogP contribution in [0.15, 0.2) is 27.8 Å². The summed E-state index contributed by atoms with van der Waals surface area (Å²) in [4.78, 5) is 24.5. The molecule has 0 bridgehead atoms. The van der Waals surface area contributed by atoms with Crippen LogP contribution in [0.5, 0.6) is 11.5 Å². The Bertz CT molecular complexity index is 1160. The number of rotatable bonds is 8. The molecular weight excluding hydrogens is 440 g/mol. The molecular formula is C20H18N4O5S2. The highest BCUT2D eigenvalue weighted by molar-refractivity contribution is 7.99. The van der Waals surface area contributed by atoms with E-state index in [1.165, 1.54) is 6.92 Å². The van der Waals surface area contributed by atoms with Crippen molar-refractivity contribution >= 4 is 39.8 Å². The standard InChI is InChI=1S/C20H18N4O5S2/c1-10-15(8-21)19(31-17(10)11(2)25)22-16(26)9-30-20-24-23-18(29-20)12-5-13(27-3)7-14(6-12)28-4/h5-7H,9H2,1-4H3,(H,22,26). The van der Waals surface area contributed by atoms with Gasteiger partial charge in [-0.05, 0) is 31.5 Å². The SMILES string of the molecule is COc1cc(OC)cc(-c2nnc(SCC(=O)Nc3sc(C(C)=O)c(C)c3C#N)o2)c1. The van der Waals surface area contributed by atoms with Gasteiger partial charge in [0.15, 0.2) is 5.78 Å². The fraction of sp³-hybridized carbons (Fsp3) is 0.250. The Kier molecular flexibility index (Phi) is 6.94. The van der Waals surface area contributed by atoms with Gasteiger partial charge < -0.3 is 19.2 Å². The number of ether oxygens (including phenoxy) is 2. The van der Waals surface area contributed by atoms with Gasteiger partial charge in [0.2, 0.25) is 11.8 Å². The van der Waals surface area contributed by atoms with Crippen molar-refractivity contribution in [1.29, 1.82) is 5.26 Å². The quantitative estimate of drug-likeness (QED) is 0.394. The number of hydrogen-bond donors (Lipinski definition) is 1. The largest absolute Gasteiger partial charge is 0.497 e. The number of thiophene rings is 1. The number of carbonyl (C=O) groups is 2. The molecule has 2 aromatic heterocycles. The van der Waals surface area contributed by atoms with Gasteiger partial charge in [0, 0.05) is 11.6 Å². The van der Waals surface area contributed by atoms with E-state index in [9.17, 15) is 14.9 Å². The van der Waals surface area contributed by atoms with Crippen molar-refractivity contribution in [2.75, 3.05) is 25.3 Å². The zero-order valence-corrected chi connectivity index (χ0v) is 18.8. The van der Waals surface area contributed by atoms with E-state index in [2.05, 4.69) is 15.5 Å². The molecule has 0 atom stereocenters. The molecule has 0 spiro atoms. The van der Waals surface area contributed by atoms with Crippen molar-refractivity contribution < 1.29 is 23.5 Å². The molecule has 1 amide bonds. The molecule has 31 heavy (non-hydrogen) atoms. The summed E-state index contributed by atoms with van der Waals surface area (Å²) in [5.41, 5.74) is 1.48. The number of hydrogen-bond acceptors (Lipinski definition) is 10. The van der Waals surface area contributed by atoms with Crippen molar-refractivity contribution in [3.8, 4) is 29.0 Å². The maximum atomic E-state index is 12.3. The van der Waals surface area contributed by atoms with Gasteiger partial charge in [-0.1, -0.05) is 11.8 Å². The lowest BCUT2D eigenvalue weighted by Gasteiger charge is -2.05. The molecule has 3 aromatic rings. The number of amides is 1. The lowest BCUT2D eigenvalue weighted by atomic mass is 10.1. The molecule has 0 aliphatic carbocycles. The van der Waals surface area contributed by atoms with Crippen LogP contribution < -0.4 is 14.8 Å². The highest BCUT2D eigenvalue weighted by atomic mass is 32.2. The van der Waals surface area contributed by atoms with E-state index in [1.54, 1.807) is 39.3 Å². The molecule has 3 rings (SSSR count). The smallest absolute Gasteiger partial charge is 0.277 e. The van der Waals surface area contributed by atoms with E-state index in [1.807, 2.05) is 6.07 Å². The van der Waals surface area contributed by atoms with Crippen molar-refractivity contribution in [2.24, 2.45) is 0 Å². The number of nitriles is 1. The number of benzene rings is 1. The number of nitrogens with one attached hydrogen (secondary N) is 1. The van der Waals surface area contributed by atoms with Crippen LogP contribution in [0, 0.1) is 18.3 Å². The minimum atomic E-state index is -0.361. The average molecular weight is 459 g/mol. The second-order valence-electron chi connectivity index (χ2n) is 6.24. The molecule has 0 saturated carbocycles. The van der Waals surface area contributed by atoms with Crippen molar-refractivity contribution in [1.82, 2.24) is 10.2 Å². The van der Waals surface area contributed by atoms with Crippen LogP contribution in [0.2, 0.25) is 0 Å². The predicted octanol–water partition coefficient (Wildman–Crippen LogP) is 3.93. The van der Waals surface area contributed by atoms with Gasteiger partial charge in [0.1, 0.15) is 22.6 Å². The van der Waals surface area contributed by atoms with E-state index in [-0.39, 0.29) is 28.6 Å². The third-order valence-electron chi connectivity index (χ3n) is 4.16. The number of Topliss-reactive ketones (excluding diaryl/α,β-unsaturated/α-hetero) is 1. The number of methoxy groups -OCH3 is 2. The second kappa shape index (κ2) is 9.63. The number of ketones is 1. The average Bonchev–Trinajstić information content (AvgIpc) is 3.36. The van der Waals surface area contributed by atoms with E-state index in [4.69, 9.17) is 13.9 Å². The van der Waals surface area contributed by atoms with Crippen molar-refractivity contribution in [3.63, 3.8) is 0 Å². The van der Waals surface area contributed by atoms with E-state index < -0.39 is 0 Å². The van der Waals surface area contributed by atoms with Gasteiger partial charge >= 0.3 is 0 Å². The first-order valence-electron chi connectivity index (χ1n) is 8.90. The summed E-state index contributed by atoms with van der Waals surface area (Å²) >= 11 is 2.14. The van der Waals surface area contributed by atoms with Gasteiger partial charge in [-0.15, -0.1) is 21.5 Å². The van der Waals surface area contributed by atoms with E-state index >= 15 is 0 Å². The van der Waals surface area contributed by atoms with Crippen LogP contribution in [0.1, 0.15) is 27.7 Å². The molecule has 0 aliphatic rings. The number of aromatic nitrogens is 2. The first kappa shape index (κ1) is 22.3. The van der Waals surface area contributed by atoms with Crippen LogP contribution in [0.25, 0.3) is 11.5 Å². The van der Waals surface area contributed by atoms with Gasteiger partial charge in [-0.3, -0.25) is 9.59 Å². The number of nitrogens with zero attached hydrogens (tertiary/aromatic N) is 3. The van der Waals surface area contributed by atoms with Crippen LogP contribution in [-0.2, 0) is 4.79 Å². The fourth-order valence-corrected chi connectivity index (χ4v) is 4.31. The third kappa shape index (κ3) is 5.04. The molecule has 0 fully saturated rings. The molecule has 2 heterocycles. The Morgan fingerprint density at radius 2 is 1.90 bits per heavy atom. The second-order valence-corrected chi connectivity index (χ2v) is 8.19. The molecule has 0 unspecified atom stereocenters. The Labute approximate surface area is 186 Å². The number of anilines is 1. The summed E-state index contributed by atoms with van der Waals surface area (Å²) < 4.78 is 16.1. The summed E-state index contributed by atoms with van der Waals surface area (Å²) in [6.45, 7) is 3.11. The van der Waals surface area contributed by atoms with Crippen LogP contribution in [-0.4, -0.2) is 41.9 Å². The van der Waals surface area contributed by atoms with Crippen molar-refractivity contribution in [3.05, 3.63) is 34.2 Å². The maximum absolute atomic E-state index is 12.3. The first-order chi connectivity index (χ1) is 14.9. The Morgan fingerprint density at radius 3 is 2.48 bits per heavy atom.